The highest BCUT2D eigenvalue weighted by Gasteiger charge is 2.16. The molecule has 3 aromatic heterocycles. The topological polar surface area (TPSA) is 72.6 Å². The highest BCUT2D eigenvalue weighted by Crippen LogP contribution is 2.30. The number of nitrogen functional groups attached to an aromatic ring is 1. The highest BCUT2D eigenvalue weighted by atomic mass is 16.3. The summed E-state index contributed by atoms with van der Waals surface area (Å²) < 4.78 is 7.06. The number of hydrogen-bond acceptors (Lipinski definition) is 5. The second-order valence-electron chi connectivity index (χ2n) is 6.73. The Bertz CT molecular complexity index is 1230. The van der Waals surface area contributed by atoms with Crippen LogP contribution in [0.1, 0.15) is 5.56 Å². The Balaban J connectivity index is 1.61. The Morgan fingerprint density at radius 3 is 2.34 bits per heavy atom. The fourth-order valence-corrected chi connectivity index (χ4v) is 3.37. The second kappa shape index (κ2) is 7.16. The number of anilines is 3. The Morgan fingerprint density at radius 2 is 1.62 bits per heavy atom. The van der Waals surface area contributed by atoms with Gasteiger partial charge in [-0.15, -0.1) is 5.10 Å². The molecule has 0 saturated heterocycles. The molecule has 0 atom stereocenters. The summed E-state index contributed by atoms with van der Waals surface area (Å²) >= 11 is 0. The monoisotopic (exact) mass is 381 g/mol. The highest BCUT2D eigenvalue weighted by molar-refractivity contribution is 5.71. The maximum Gasteiger partial charge on any atom is 0.217 e. The summed E-state index contributed by atoms with van der Waals surface area (Å²) in [5.74, 6) is 1.63. The quantitative estimate of drug-likeness (QED) is 0.468. The van der Waals surface area contributed by atoms with Crippen LogP contribution in [0.3, 0.4) is 0 Å². The van der Waals surface area contributed by atoms with Crippen molar-refractivity contribution < 1.29 is 4.42 Å². The molecule has 0 aliphatic carbocycles. The van der Waals surface area contributed by atoms with Crippen LogP contribution in [0.4, 0.5) is 17.2 Å². The number of rotatable bonds is 5. The lowest BCUT2D eigenvalue weighted by Gasteiger charge is -2.25. The number of furan rings is 1. The van der Waals surface area contributed by atoms with Crippen molar-refractivity contribution >= 4 is 22.8 Å². The molecule has 2 N–H and O–H groups in total. The van der Waals surface area contributed by atoms with Crippen molar-refractivity contribution in [1.29, 1.82) is 0 Å². The van der Waals surface area contributed by atoms with Crippen LogP contribution in [0, 0.1) is 0 Å². The van der Waals surface area contributed by atoms with Gasteiger partial charge in [-0.2, -0.15) is 4.52 Å². The zero-order valence-electron chi connectivity index (χ0n) is 15.6. The van der Waals surface area contributed by atoms with Gasteiger partial charge in [0.15, 0.2) is 11.4 Å². The van der Waals surface area contributed by atoms with Gasteiger partial charge in [0.25, 0.3) is 0 Å². The van der Waals surface area contributed by atoms with Crippen LogP contribution in [0.2, 0.25) is 0 Å². The van der Waals surface area contributed by atoms with E-state index in [4.69, 9.17) is 10.2 Å². The maximum absolute atomic E-state index is 6.34. The standard InChI is InChI=1S/C23H19N5O/c24-21-14-19(15-22-25-23(26-28(21)22)20-12-7-13-29-20)27(18-10-5-2-6-11-18)16-17-8-3-1-4-9-17/h1-15H,16,24H2. The molecule has 29 heavy (non-hydrogen) atoms. The third-order valence-corrected chi connectivity index (χ3v) is 4.75. The molecule has 0 saturated carbocycles. The first kappa shape index (κ1) is 17.1. The zero-order valence-corrected chi connectivity index (χ0v) is 15.6. The third kappa shape index (κ3) is 3.32. The van der Waals surface area contributed by atoms with Gasteiger partial charge in [-0.3, -0.25) is 0 Å². The first-order chi connectivity index (χ1) is 14.3. The number of aromatic nitrogens is 3. The van der Waals surface area contributed by atoms with Gasteiger partial charge in [0.2, 0.25) is 5.82 Å². The van der Waals surface area contributed by atoms with Gasteiger partial charge < -0.3 is 15.1 Å². The number of para-hydroxylation sites is 1. The summed E-state index contributed by atoms with van der Waals surface area (Å²) in [7, 11) is 0. The van der Waals surface area contributed by atoms with Gasteiger partial charge in [0.1, 0.15) is 5.82 Å². The van der Waals surface area contributed by atoms with Gasteiger partial charge >= 0.3 is 0 Å². The van der Waals surface area contributed by atoms with E-state index in [9.17, 15) is 0 Å². The summed E-state index contributed by atoms with van der Waals surface area (Å²) in [6.07, 6.45) is 1.60. The Labute approximate surface area is 167 Å². The normalized spacial score (nSPS) is 11.0. The molecule has 0 aliphatic heterocycles. The molecular weight excluding hydrogens is 362 g/mol. The number of fused-ring (bicyclic) bond motifs is 1. The fourth-order valence-electron chi connectivity index (χ4n) is 3.37. The van der Waals surface area contributed by atoms with Gasteiger partial charge in [0, 0.05) is 30.1 Å². The molecule has 5 aromatic rings. The molecule has 3 heterocycles. The molecular formula is C23H19N5O. The molecule has 0 radical (unpaired) electrons. The van der Waals surface area contributed by atoms with Crippen molar-refractivity contribution in [2.75, 3.05) is 10.6 Å². The molecule has 6 heteroatoms. The van der Waals surface area contributed by atoms with Crippen LogP contribution in [-0.4, -0.2) is 14.6 Å². The van der Waals surface area contributed by atoms with E-state index in [1.54, 1.807) is 10.8 Å². The van der Waals surface area contributed by atoms with E-state index in [0.29, 0.717) is 29.6 Å². The van der Waals surface area contributed by atoms with Gasteiger partial charge in [0.05, 0.1) is 6.26 Å². The van der Waals surface area contributed by atoms with Crippen molar-refractivity contribution in [3.05, 3.63) is 96.8 Å². The largest absolute Gasteiger partial charge is 0.461 e. The van der Waals surface area contributed by atoms with Crippen LogP contribution in [0.25, 0.3) is 17.2 Å². The average molecular weight is 381 g/mol. The molecule has 0 amide bonds. The molecule has 0 spiro atoms. The van der Waals surface area contributed by atoms with Gasteiger partial charge in [-0.25, -0.2) is 4.98 Å². The van der Waals surface area contributed by atoms with E-state index >= 15 is 0 Å². The number of benzene rings is 2. The lowest BCUT2D eigenvalue weighted by molar-refractivity contribution is 0.577. The molecule has 2 aromatic carbocycles. The predicted molar refractivity (Wildman–Crippen MR) is 114 cm³/mol. The van der Waals surface area contributed by atoms with E-state index < -0.39 is 0 Å². The SMILES string of the molecule is Nc1cc(N(Cc2ccccc2)c2ccccc2)cc2nc(-c3ccco3)nn12. The third-order valence-electron chi connectivity index (χ3n) is 4.75. The smallest absolute Gasteiger partial charge is 0.217 e. The summed E-state index contributed by atoms with van der Waals surface area (Å²) in [6.45, 7) is 0.708. The van der Waals surface area contributed by atoms with Gasteiger partial charge in [-0.1, -0.05) is 48.5 Å². The summed E-state index contributed by atoms with van der Waals surface area (Å²) in [5.41, 5.74) is 10.2. The average Bonchev–Trinajstić information content (AvgIpc) is 3.43. The fraction of sp³-hybridized carbons (Fsp3) is 0.0435. The predicted octanol–water partition coefficient (Wildman–Crippen LogP) is 4.91. The second-order valence-corrected chi connectivity index (χ2v) is 6.73. The molecule has 142 valence electrons. The molecule has 0 aliphatic rings. The maximum atomic E-state index is 6.34. The summed E-state index contributed by atoms with van der Waals surface area (Å²) in [5, 5.41) is 4.48. The summed E-state index contributed by atoms with van der Waals surface area (Å²) in [4.78, 5) is 6.83. The van der Waals surface area contributed by atoms with Crippen molar-refractivity contribution in [3.8, 4) is 11.6 Å². The van der Waals surface area contributed by atoms with Crippen LogP contribution in [0.15, 0.2) is 95.6 Å². The molecule has 0 unspecified atom stereocenters. The number of nitrogens with two attached hydrogens (primary N) is 1. The van der Waals surface area contributed by atoms with Crippen LogP contribution in [-0.2, 0) is 6.54 Å². The zero-order chi connectivity index (χ0) is 19.6. The van der Waals surface area contributed by atoms with E-state index in [1.807, 2.05) is 60.7 Å². The minimum absolute atomic E-state index is 0.508. The van der Waals surface area contributed by atoms with E-state index in [0.717, 1.165) is 11.4 Å². The number of hydrogen-bond donors (Lipinski definition) is 1. The van der Waals surface area contributed by atoms with Crippen LogP contribution < -0.4 is 10.6 Å². The minimum atomic E-state index is 0.508. The molecule has 0 fully saturated rings. The van der Waals surface area contributed by atoms with Crippen molar-refractivity contribution in [1.82, 2.24) is 14.6 Å². The number of nitrogens with zero attached hydrogens (tertiary/aromatic N) is 4. The van der Waals surface area contributed by atoms with Gasteiger partial charge in [-0.05, 0) is 29.8 Å². The molecule has 5 rings (SSSR count). The molecule has 6 nitrogen and oxygen atoms in total. The Hall–Kier alpha value is -4.06. The number of pyridine rings is 1. The molecule has 0 bridgehead atoms. The van der Waals surface area contributed by atoms with E-state index in [-0.39, 0.29) is 0 Å². The summed E-state index contributed by atoms with van der Waals surface area (Å²) in [6, 6.07) is 28.1. The first-order valence-electron chi connectivity index (χ1n) is 9.34. The Morgan fingerprint density at radius 1 is 0.862 bits per heavy atom. The van der Waals surface area contributed by atoms with Crippen molar-refractivity contribution in [2.24, 2.45) is 0 Å². The van der Waals surface area contributed by atoms with Crippen molar-refractivity contribution in [2.45, 2.75) is 6.54 Å². The van der Waals surface area contributed by atoms with Crippen molar-refractivity contribution in [3.63, 3.8) is 0 Å². The lowest BCUT2D eigenvalue weighted by atomic mass is 10.1. The first-order valence-corrected chi connectivity index (χ1v) is 9.34. The van der Waals surface area contributed by atoms with E-state index in [2.05, 4.69) is 39.2 Å². The van der Waals surface area contributed by atoms with Crippen LogP contribution >= 0.6 is 0 Å². The minimum Gasteiger partial charge on any atom is -0.461 e. The van der Waals surface area contributed by atoms with E-state index in [1.165, 1.54) is 5.56 Å². The van der Waals surface area contributed by atoms with Crippen LogP contribution in [0.5, 0.6) is 0 Å². The lowest BCUT2D eigenvalue weighted by Crippen LogP contribution is -2.17. The Kier molecular flexibility index (Phi) is 4.22.